The van der Waals surface area contributed by atoms with Crippen LogP contribution in [-0.2, 0) is 16.0 Å². The van der Waals surface area contributed by atoms with Crippen LogP contribution in [0.4, 0.5) is 5.69 Å². The molecule has 0 radical (unpaired) electrons. The predicted octanol–water partition coefficient (Wildman–Crippen LogP) is 4.02. The maximum absolute atomic E-state index is 12.2. The van der Waals surface area contributed by atoms with Gasteiger partial charge in [-0.1, -0.05) is 24.6 Å². The van der Waals surface area contributed by atoms with Crippen molar-refractivity contribution in [1.82, 2.24) is 5.32 Å². The van der Waals surface area contributed by atoms with E-state index in [4.69, 9.17) is 4.42 Å². The first-order chi connectivity index (χ1) is 12.8. The summed E-state index contributed by atoms with van der Waals surface area (Å²) >= 11 is 0. The van der Waals surface area contributed by atoms with Crippen LogP contribution in [-0.4, -0.2) is 18.4 Å². The van der Waals surface area contributed by atoms with Gasteiger partial charge >= 0.3 is 0 Å². The van der Waals surface area contributed by atoms with E-state index in [1.165, 1.54) is 6.42 Å². The second-order valence-electron chi connectivity index (χ2n) is 7.72. The van der Waals surface area contributed by atoms with Crippen molar-refractivity contribution in [3.63, 3.8) is 0 Å². The first kappa shape index (κ1) is 19.2. The van der Waals surface area contributed by atoms with Gasteiger partial charge in [0.05, 0.1) is 6.54 Å². The molecular weight excluding hydrogens is 340 g/mol. The van der Waals surface area contributed by atoms with Gasteiger partial charge in [0.25, 0.3) is 0 Å². The molecule has 1 fully saturated rings. The first-order valence-corrected chi connectivity index (χ1v) is 9.56. The zero-order chi connectivity index (χ0) is 19.6. The van der Waals surface area contributed by atoms with Gasteiger partial charge in [0, 0.05) is 24.4 Å². The van der Waals surface area contributed by atoms with Crippen molar-refractivity contribution in [2.75, 3.05) is 11.9 Å². The minimum Gasteiger partial charge on any atom is -0.466 e. The number of rotatable bonds is 7. The summed E-state index contributed by atoms with van der Waals surface area (Å²) in [6.45, 7) is 8.14. The average molecular weight is 368 g/mol. The third kappa shape index (κ3) is 5.00. The van der Waals surface area contributed by atoms with Crippen molar-refractivity contribution in [3.8, 4) is 0 Å². The van der Waals surface area contributed by atoms with E-state index < -0.39 is 0 Å². The van der Waals surface area contributed by atoms with Crippen LogP contribution in [0.2, 0.25) is 0 Å². The molecule has 0 bridgehead atoms. The van der Waals surface area contributed by atoms with Crippen LogP contribution in [0.25, 0.3) is 0 Å². The highest BCUT2D eigenvalue weighted by atomic mass is 16.3. The zero-order valence-corrected chi connectivity index (χ0v) is 16.5. The lowest BCUT2D eigenvalue weighted by Crippen LogP contribution is -2.33. The van der Waals surface area contributed by atoms with Gasteiger partial charge in [-0.2, -0.15) is 0 Å². The highest BCUT2D eigenvalue weighted by molar-refractivity contribution is 5.95. The average Bonchev–Trinajstić information content (AvgIpc) is 3.15. The van der Waals surface area contributed by atoms with Gasteiger partial charge in [-0.15, -0.1) is 0 Å². The van der Waals surface area contributed by atoms with E-state index in [-0.39, 0.29) is 18.4 Å². The molecule has 1 heterocycles. The predicted molar refractivity (Wildman–Crippen MR) is 106 cm³/mol. The van der Waals surface area contributed by atoms with E-state index in [1.807, 2.05) is 45.0 Å². The Bertz CT molecular complexity index is 830. The maximum Gasteiger partial charge on any atom is 0.243 e. The summed E-state index contributed by atoms with van der Waals surface area (Å²) < 4.78 is 5.81. The number of benzene rings is 1. The van der Waals surface area contributed by atoms with Gasteiger partial charge in [-0.05, 0) is 56.4 Å². The summed E-state index contributed by atoms with van der Waals surface area (Å²) in [4.78, 5) is 24.2. The number of amides is 2. The number of aryl methyl sites for hydroxylation is 4. The molecule has 1 aliphatic rings. The molecule has 0 saturated heterocycles. The standard InChI is InChI=1S/C22H28N2O3/c1-13-9-15(3)22(16(4)10-13)24-21(26)12-23-20(25)8-6-17-5-7-19(27-17)18-11-14(18)2/h5,7,9-10,14,18H,6,8,11-12H2,1-4H3,(H,23,25)(H,24,26)/t14-,18+/m1/s1. The van der Waals surface area contributed by atoms with Crippen molar-refractivity contribution in [3.05, 3.63) is 52.5 Å². The van der Waals surface area contributed by atoms with Crippen LogP contribution in [0, 0.1) is 26.7 Å². The Morgan fingerprint density at radius 3 is 2.41 bits per heavy atom. The van der Waals surface area contributed by atoms with Crippen molar-refractivity contribution >= 4 is 17.5 Å². The van der Waals surface area contributed by atoms with Gasteiger partial charge in [0.15, 0.2) is 0 Å². The fraction of sp³-hybridized carbons (Fsp3) is 0.455. The maximum atomic E-state index is 12.2. The largest absolute Gasteiger partial charge is 0.466 e. The number of anilines is 1. The Morgan fingerprint density at radius 2 is 1.78 bits per heavy atom. The summed E-state index contributed by atoms with van der Waals surface area (Å²) in [5.41, 5.74) is 4.02. The molecule has 0 unspecified atom stereocenters. The lowest BCUT2D eigenvalue weighted by molar-refractivity contribution is -0.124. The highest BCUT2D eigenvalue weighted by Crippen LogP contribution is 2.47. The van der Waals surface area contributed by atoms with Gasteiger partial charge in [-0.25, -0.2) is 0 Å². The molecule has 1 aliphatic carbocycles. The lowest BCUT2D eigenvalue weighted by Gasteiger charge is -2.13. The fourth-order valence-electron chi connectivity index (χ4n) is 3.51. The number of carbonyl (C=O) groups is 2. The summed E-state index contributed by atoms with van der Waals surface area (Å²) in [5.74, 6) is 2.73. The number of carbonyl (C=O) groups excluding carboxylic acids is 2. The molecule has 0 spiro atoms. The Hall–Kier alpha value is -2.56. The Kier molecular flexibility index (Phi) is 5.68. The van der Waals surface area contributed by atoms with E-state index in [0.717, 1.165) is 33.9 Å². The fourth-order valence-corrected chi connectivity index (χ4v) is 3.51. The molecule has 2 aromatic rings. The summed E-state index contributed by atoms with van der Waals surface area (Å²) in [6.07, 6.45) is 2.04. The Balaban J connectivity index is 1.42. The molecule has 1 aromatic heterocycles. The molecule has 5 nitrogen and oxygen atoms in total. The van der Waals surface area contributed by atoms with Gasteiger partial charge in [0.2, 0.25) is 11.8 Å². The third-order valence-corrected chi connectivity index (χ3v) is 5.14. The van der Waals surface area contributed by atoms with Gasteiger partial charge < -0.3 is 15.1 Å². The van der Waals surface area contributed by atoms with E-state index >= 15 is 0 Å². The van der Waals surface area contributed by atoms with E-state index in [9.17, 15) is 9.59 Å². The molecule has 1 aromatic carbocycles. The summed E-state index contributed by atoms with van der Waals surface area (Å²) in [6, 6.07) is 8.02. The SMILES string of the molecule is Cc1cc(C)c(NC(=O)CNC(=O)CCc2ccc([C@H]3C[C@H]3C)o2)c(C)c1. The second-order valence-corrected chi connectivity index (χ2v) is 7.72. The minimum atomic E-state index is -0.221. The normalized spacial score (nSPS) is 18.2. The lowest BCUT2D eigenvalue weighted by atomic mass is 10.1. The molecule has 1 saturated carbocycles. The molecule has 5 heteroatoms. The van der Waals surface area contributed by atoms with E-state index in [2.05, 4.69) is 17.6 Å². The quantitative estimate of drug-likeness (QED) is 0.775. The molecule has 144 valence electrons. The molecule has 0 aliphatic heterocycles. The minimum absolute atomic E-state index is 0.0332. The van der Waals surface area contributed by atoms with Crippen molar-refractivity contribution in [1.29, 1.82) is 0 Å². The zero-order valence-electron chi connectivity index (χ0n) is 16.5. The first-order valence-electron chi connectivity index (χ1n) is 9.56. The molecule has 27 heavy (non-hydrogen) atoms. The van der Waals surface area contributed by atoms with E-state index in [0.29, 0.717) is 24.7 Å². The van der Waals surface area contributed by atoms with Crippen LogP contribution in [0.15, 0.2) is 28.7 Å². The van der Waals surface area contributed by atoms with Crippen LogP contribution in [0.5, 0.6) is 0 Å². The van der Waals surface area contributed by atoms with E-state index in [1.54, 1.807) is 0 Å². The van der Waals surface area contributed by atoms with Crippen molar-refractivity contribution < 1.29 is 14.0 Å². The van der Waals surface area contributed by atoms with Gasteiger partial charge in [-0.3, -0.25) is 9.59 Å². The monoisotopic (exact) mass is 368 g/mol. The number of hydrogen-bond donors (Lipinski definition) is 2. The van der Waals surface area contributed by atoms with Crippen molar-refractivity contribution in [2.24, 2.45) is 5.92 Å². The molecule has 2 atom stereocenters. The highest BCUT2D eigenvalue weighted by Gasteiger charge is 2.36. The molecule has 2 amide bonds. The third-order valence-electron chi connectivity index (χ3n) is 5.14. The van der Waals surface area contributed by atoms with Crippen LogP contribution < -0.4 is 10.6 Å². The number of furan rings is 1. The second kappa shape index (κ2) is 7.99. The van der Waals surface area contributed by atoms with Crippen molar-refractivity contribution in [2.45, 2.75) is 52.9 Å². The molecule has 3 rings (SSSR count). The number of hydrogen-bond acceptors (Lipinski definition) is 3. The van der Waals surface area contributed by atoms with Gasteiger partial charge in [0.1, 0.15) is 11.5 Å². The van der Waals surface area contributed by atoms with Crippen LogP contribution in [0.3, 0.4) is 0 Å². The summed E-state index contributed by atoms with van der Waals surface area (Å²) in [5, 5.41) is 5.57. The number of nitrogens with one attached hydrogen (secondary N) is 2. The molecule has 2 N–H and O–H groups in total. The van der Waals surface area contributed by atoms with Crippen LogP contribution >= 0.6 is 0 Å². The molecular formula is C22H28N2O3. The Morgan fingerprint density at radius 1 is 1.11 bits per heavy atom. The summed E-state index contributed by atoms with van der Waals surface area (Å²) in [7, 11) is 0. The Labute approximate surface area is 160 Å². The smallest absolute Gasteiger partial charge is 0.243 e. The topological polar surface area (TPSA) is 71.3 Å². The van der Waals surface area contributed by atoms with Crippen LogP contribution in [0.1, 0.15) is 53.9 Å².